The van der Waals surface area contributed by atoms with Gasteiger partial charge >= 0.3 is 0 Å². The normalized spacial score (nSPS) is 13.4. The average Bonchev–Trinajstić information content (AvgIpc) is 2.27. The maximum atomic E-state index is 9.81. The van der Waals surface area contributed by atoms with Gasteiger partial charge in [-0.25, -0.2) is 0 Å². The van der Waals surface area contributed by atoms with Crippen molar-refractivity contribution >= 4 is 5.69 Å². The van der Waals surface area contributed by atoms with Crippen molar-refractivity contribution in [3.8, 4) is 0 Å². The van der Waals surface area contributed by atoms with Crippen molar-refractivity contribution in [2.75, 3.05) is 25.0 Å². The van der Waals surface area contributed by atoms with E-state index in [0.717, 1.165) is 12.2 Å². The molecule has 1 aromatic rings. The van der Waals surface area contributed by atoms with Crippen LogP contribution in [0.1, 0.15) is 39.3 Å². The third-order valence-electron chi connectivity index (χ3n) is 2.97. The molecule has 2 N–H and O–H groups in total. The number of nitrogens with zero attached hydrogens (tertiary/aromatic N) is 1. The minimum atomic E-state index is -0.676. The van der Waals surface area contributed by atoms with Crippen molar-refractivity contribution in [3.05, 3.63) is 29.8 Å². The van der Waals surface area contributed by atoms with Crippen molar-refractivity contribution in [1.82, 2.24) is 5.32 Å². The van der Waals surface area contributed by atoms with Gasteiger partial charge in [-0.3, -0.25) is 0 Å². The highest BCUT2D eigenvalue weighted by Crippen LogP contribution is 2.19. The number of rotatable bonds is 6. The fourth-order valence-corrected chi connectivity index (χ4v) is 2.11. The zero-order chi connectivity index (χ0) is 13.8. The van der Waals surface area contributed by atoms with Crippen LogP contribution in [-0.2, 0) is 0 Å². The van der Waals surface area contributed by atoms with Gasteiger partial charge in [-0.15, -0.1) is 0 Å². The summed E-state index contributed by atoms with van der Waals surface area (Å²) in [7, 11) is 2.00. The predicted octanol–water partition coefficient (Wildman–Crippen LogP) is 2.56. The van der Waals surface area contributed by atoms with Crippen LogP contribution in [0.25, 0.3) is 0 Å². The molecule has 1 aromatic carbocycles. The van der Waals surface area contributed by atoms with Gasteiger partial charge in [0.1, 0.15) is 0 Å². The molecule has 1 atom stereocenters. The number of nitrogens with one attached hydrogen (secondary N) is 1. The van der Waals surface area contributed by atoms with Crippen LogP contribution in [0.3, 0.4) is 0 Å². The van der Waals surface area contributed by atoms with Crippen molar-refractivity contribution in [3.63, 3.8) is 0 Å². The summed E-state index contributed by atoms with van der Waals surface area (Å²) in [6, 6.07) is 8.88. The molecule has 0 aliphatic carbocycles. The molecular weight excluding hydrogens is 224 g/mol. The summed E-state index contributed by atoms with van der Waals surface area (Å²) in [4.78, 5) is 2.07. The van der Waals surface area contributed by atoms with Gasteiger partial charge in [-0.1, -0.05) is 19.1 Å². The van der Waals surface area contributed by atoms with E-state index in [1.165, 1.54) is 5.56 Å². The van der Waals surface area contributed by atoms with Crippen LogP contribution in [0.4, 0.5) is 5.69 Å². The Kier molecular flexibility index (Phi) is 5.17. The van der Waals surface area contributed by atoms with Gasteiger partial charge in [0.05, 0.1) is 5.60 Å². The molecule has 18 heavy (non-hydrogen) atoms. The van der Waals surface area contributed by atoms with E-state index in [0.29, 0.717) is 12.6 Å². The maximum absolute atomic E-state index is 9.81. The Balaban J connectivity index is 2.70. The number of hydrogen-bond donors (Lipinski definition) is 2. The molecule has 102 valence electrons. The Morgan fingerprint density at radius 3 is 2.28 bits per heavy atom. The molecule has 0 saturated carbocycles. The van der Waals surface area contributed by atoms with Crippen LogP contribution >= 0.6 is 0 Å². The topological polar surface area (TPSA) is 35.5 Å². The second kappa shape index (κ2) is 6.21. The summed E-state index contributed by atoms with van der Waals surface area (Å²) < 4.78 is 0. The Hall–Kier alpha value is -1.06. The largest absolute Gasteiger partial charge is 0.389 e. The monoisotopic (exact) mass is 250 g/mol. The molecule has 0 aliphatic rings. The van der Waals surface area contributed by atoms with E-state index >= 15 is 0 Å². The Bertz CT molecular complexity index is 354. The zero-order valence-corrected chi connectivity index (χ0v) is 12.2. The summed E-state index contributed by atoms with van der Waals surface area (Å²) in [6.45, 7) is 9.52. The number of benzene rings is 1. The third-order valence-corrected chi connectivity index (χ3v) is 2.97. The van der Waals surface area contributed by atoms with E-state index in [-0.39, 0.29) is 0 Å². The molecule has 0 bridgehead atoms. The minimum Gasteiger partial charge on any atom is -0.389 e. The first-order valence-electron chi connectivity index (χ1n) is 6.60. The second-order valence-electron chi connectivity index (χ2n) is 5.54. The lowest BCUT2D eigenvalue weighted by atomic mass is 10.1. The minimum absolute atomic E-state index is 0.378. The third kappa shape index (κ3) is 4.67. The van der Waals surface area contributed by atoms with Gasteiger partial charge in [-0.05, 0) is 45.0 Å². The van der Waals surface area contributed by atoms with Crippen molar-refractivity contribution in [2.45, 2.75) is 39.3 Å². The average molecular weight is 250 g/mol. The fraction of sp³-hybridized carbons (Fsp3) is 0.600. The van der Waals surface area contributed by atoms with E-state index < -0.39 is 5.60 Å². The van der Waals surface area contributed by atoms with E-state index in [1.54, 1.807) is 0 Å². The lowest BCUT2D eigenvalue weighted by molar-refractivity contribution is 0.0886. The summed E-state index contributed by atoms with van der Waals surface area (Å²) >= 11 is 0. The maximum Gasteiger partial charge on any atom is 0.0765 e. The van der Waals surface area contributed by atoms with Crippen LogP contribution in [0.15, 0.2) is 24.3 Å². The lowest BCUT2D eigenvalue weighted by Crippen LogP contribution is -2.36. The first-order valence-corrected chi connectivity index (χ1v) is 6.60. The first-order chi connectivity index (χ1) is 8.33. The lowest BCUT2D eigenvalue weighted by Gasteiger charge is -2.27. The zero-order valence-electron chi connectivity index (χ0n) is 12.2. The molecule has 0 amide bonds. The van der Waals surface area contributed by atoms with Gasteiger partial charge in [-0.2, -0.15) is 0 Å². The molecule has 0 saturated heterocycles. The Morgan fingerprint density at radius 2 is 1.83 bits per heavy atom. The van der Waals surface area contributed by atoms with Crippen LogP contribution in [0.5, 0.6) is 0 Å². The SMILES string of the molecule is CCNC(C)c1ccc(N(C)CC(C)(C)O)cc1. The summed E-state index contributed by atoms with van der Waals surface area (Å²) in [6.07, 6.45) is 0. The van der Waals surface area contributed by atoms with Crippen LogP contribution in [-0.4, -0.2) is 30.8 Å². The van der Waals surface area contributed by atoms with Crippen molar-refractivity contribution in [1.29, 1.82) is 0 Å². The van der Waals surface area contributed by atoms with E-state index in [4.69, 9.17) is 0 Å². The van der Waals surface area contributed by atoms with Crippen molar-refractivity contribution < 1.29 is 5.11 Å². The number of anilines is 1. The summed E-state index contributed by atoms with van der Waals surface area (Å²) in [5.74, 6) is 0. The first kappa shape index (κ1) is 15.0. The Morgan fingerprint density at radius 1 is 1.28 bits per heavy atom. The van der Waals surface area contributed by atoms with E-state index in [9.17, 15) is 5.11 Å². The number of hydrogen-bond acceptors (Lipinski definition) is 3. The molecular formula is C15H26N2O. The predicted molar refractivity (Wildman–Crippen MR) is 78.1 cm³/mol. The van der Waals surface area contributed by atoms with Gasteiger partial charge in [0.25, 0.3) is 0 Å². The quantitative estimate of drug-likeness (QED) is 0.814. The van der Waals surface area contributed by atoms with Gasteiger partial charge < -0.3 is 15.3 Å². The molecule has 1 unspecified atom stereocenters. The van der Waals surface area contributed by atoms with Crippen molar-refractivity contribution in [2.24, 2.45) is 0 Å². The molecule has 0 aromatic heterocycles. The highest BCUT2D eigenvalue weighted by molar-refractivity contribution is 5.47. The standard InChI is InChI=1S/C15H26N2O/c1-6-16-12(2)13-7-9-14(10-8-13)17(5)11-15(3,4)18/h7-10,12,16,18H,6,11H2,1-5H3. The molecule has 0 radical (unpaired) electrons. The Labute approximate surface area is 111 Å². The van der Waals surface area contributed by atoms with Gasteiger partial charge in [0, 0.05) is 25.3 Å². The van der Waals surface area contributed by atoms with Crippen LogP contribution < -0.4 is 10.2 Å². The smallest absolute Gasteiger partial charge is 0.0765 e. The van der Waals surface area contributed by atoms with Crippen LogP contribution in [0, 0.1) is 0 Å². The highest BCUT2D eigenvalue weighted by Gasteiger charge is 2.16. The molecule has 0 fully saturated rings. The molecule has 0 spiro atoms. The highest BCUT2D eigenvalue weighted by atomic mass is 16.3. The second-order valence-corrected chi connectivity index (χ2v) is 5.54. The molecule has 0 aliphatic heterocycles. The molecule has 3 heteroatoms. The molecule has 1 rings (SSSR count). The van der Waals surface area contributed by atoms with Crippen LogP contribution in [0.2, 0.25) is 0 Å². The number of aliphatic hydroxyl groups is 1. The molecule has 3 nitrogen and oxygen atoms in total. The summed E-state index contributed by atoms with van der Waals surface area (Å²) in [5, 5.41) is 13.2. The molecule has 0 heterocycles. The van der Waals surface area contributed by atoms with Gasteiger partial charge in [0.2, 0.25) is 0 Å². The van der Waals surface area contributed by atoms with E-state index in [2.05, 4.69) is 48.3 Å². The summed E-state index contributed by atoms with van der Waals surface area (Å²) in [5.41, 5.74) is 1.74. The van der Waals surface area contributed by atoms with Gasteiger partial charge in [0.15, 0.2) is 0 Å². The van der Waals surface area contributed by atoms with E-state index in [1.807, 2.05) is 20.9 Å². The fourth-order valence-electron chi connectivity index (χ4n) is 2.11. The number of likely N-dealkylation sites (N-methyl/N-ethyl adjacent to an activating group) is 1.